The van der Waals surface area contributed by atoms with E-state index < -0.39 is 0 Å². The highest BCUT2D eigenvalue weighted by molar-refractivity contribution is 8.00. The van der Waals surface area contributed by atoms with Gasteiger partial charge in [0.1, 0.15) is 6.33 Å². The van der Waals surface area contributed by atoms with Crippen LogP contribution in [-0.4, -0.2) is 27.0 Å². The number of thioether (sulfide) groups is 1. The Labute approximate surface area is 108 Å². The Hall–Kier alpha value is -0.610. The largest absolute Gasteiger partial charge is 0.309 e. The van der Waals surface area contributed by atoms with E-state index in [1.807, 2.05) is 12.4 Å². The van der Waals surface area contributed by atoms with Crippen LogP contribution in [0.15, 0.2) is 18.7 Å². The summed E-state index contributed by atoms with van der Waals surface area (Å²) in [5, 5.41) is 3.67. The van der Waals surface area contributed by atoms with Crippen molar-refractivity contribution in [2.24, 2.45) is 0 Å². The molecule has 2 unspecified atom stereocenters. The summed E-state index contributed by atoms with van der Waals surface area (Å²) < 4.78 is 0.292. The molecule has 1 fully saturated rings. The molecule has 0 radical (unpaired) electrons. The van der Waals surface area contributed by atoms with Crippen molar-refractivity contribution in [1.82, 2.24) is 15.3 Å². The molecule has 3 nitrogen and oxygen atoms in total. The van der Waals surface area contributed by atoms with Gasteiger partial charge in [-0.3, -0.25) is 0 Å². The van der Waals surface area contributed by atoms with Gasteiger partial charge in [0, 0.05) is 28.7 Å². The average molecular weight is 251 g/mol. The summed E-state index contributed by atoms with van der Waals surface area (Å²) in [6.45, 7) is 5.62. The van der Waals surface area contributed by atoms with Crippen LogP contribution in [0, 0.1) is 0 Å². The minimum Gasteiger partial charge on any atom is -0.309 e. The lowest BCUT2D eigenvalue weighted by Gasteiger charge is -2.34. The highest BCUT2D eigenvalue weighted by atomic mass is 32.2. The van der Waals surface area contributed by atoms with Crippen molar-refractivity contribution in [3.05, 3.63) is 24.3 Å². The van der Waals surface area contributed by atoms with Crippen LogP contribution >= 0.6 is 11.8 Å². The Morgan fingerprint density at radius 2 is 2.24 bits per heavy atom. The molecule has 1 aromatic rings. The third-order valence-corrected chi connectivity index (χ3v) is 4.96. The minimum absolute atomic E-state index is 0.292. The van der Waals surface area contributed by atoms with Crippen molar-refractivity contribution in [2.45, 2.75) is 43.9 Å². The summed E-state index contributed by atoms with van der Waals surface area (Å²) in [6, 6.07) is 0.371. The number of aromatic nitrogens is 2. The van der Waals surface area contributed by atoms with E-state index in [0.717, 1.165) is 13.0 Å². The van der Waals surface area contributed by atoms with Crippen LogP contribution in [0.4, 0.5) is 0 Å². The van der Waals surface area contributed by atoms with Crippen LogP contribution in [-0.2, 0) is 0 Å². The second kappa shape index (κ2) is 5.83. The molecule has 1 saturated heterocycles. The topological polar surface area (TPSA) is 37.8 Å². The monoisotopic (exact) mass is 251 g/mol. The standard InChI is InChI=1S/C13H21N3S/c1-3-6-16-12(11-8-14-10-15-9-11)13(2)5-4-7-17-13/h8-10,12,16H,3-7H2,1-2H3. The first kappa shape index (κ1) is 12.8. The van der Waals surface area contributed by atoms with Crippen molar-refractivity contribution in [2.75, 3.05) is 12.3 Å². The summed E-state index contributed by atoms with van der Waals surface area (Å²) in [6.07, 6.45) is 9.25. The van der Waals surface area contributed by atoms with Crippen molar-refractivity contribution in [3.8, 4) is 0 Å². The van der Waals surface area contributed by atoms with Crippen LogP contribution in [0.1, 0.15) is 44.7 Å². The van der Waals surface area contributed by atoms with Crippen LogP contribution in [0.25, 0.3) is 0 Å². The normalized spacial score (nSPS) is 26.0. The van der Waals surface area contributed by atoms with E-state index in [1.165, 1.54) is 24.2 Å². The van der Waals surface area contributed by atoms with Crippen molar-refractivity contribution < 1.29 is 0 Å². The molecule has 94 valence electrons. The quantitative estimate of drug-likeness (QED) is 0.873. The molecule has 0 spiro atoms. The molecule has 1 aromatic heterocycles. The number of rotatable bonds is 5. The molecule has 2 atom stereocenters. The van der Waals surface area contributed by atoms with Gasteiger partial charge >= 0.3 is 0 Å². The number of nitrogens with zero attached hydrogens (tertiary/aromatic N) is 2. The smallest absolute Gasteiger partial charge is 0.115 e. The lowest BCUT2D eigenvalue weighted by molar-refractivity contribution is 0.411. The molecule has 0 saturated carbocycles. The fourth-order valence-electron chi connectivity index (χ4n) is 2.46. The van der Waals surface area contributed by atoms with Crippen molar-refractivity contribution in [1.29, 1.82) is 0 Å². The molecule has 0 aliphatic carbocycles. The molecule has 1 aliphatic rings. The summed E-state index contributed by atoms with van der Waals surface area (Å²) in [5.74, 6) is 1.27. The maximum atomic E-state index is 4.16. The summed E-state index contributed by atoms with van der Waals surface area (Å²) in [5.41, 5.74) is 1.22. The molecular weight excluding hydrogens is 230 g/mol. The lowest BCUT2D eigenvalue weighted by atomic mass is 9.91. The average Bonchev–Trinajstić information content (AvgIpc) is 2.79. The molecule has 0 amide bonds. The number of hydrogen-bond donors (Lipinski definition) is 1. The Balaban J connectivity index is 2.18. The second-order valence-corrected chi connectivity index (χ2v) is 6.45. The first-order valence-corrected chi connectivity index (χ1v) is 7.37. The fourth-order valence-corrected chi connectivity index (χ4v) is 3.89. The SMILES string of the molecule is CCCNC(c1cncnc1)C1(C)CCCS1. The maximum absolute atomic E-state index is 4.16. The zero-order valence-electron chi connectivity index (χ0n) is 10.6. The van der Waals surface area contributed by atoms with Gasteiger partial charge in [-0.15, -0.1) is 0 Å². The van der Waals surface area contributed by atoms with E-state index in [2.05, 4.69) is 40.9 Å². The second-order valence-electron chi connectivity index (χ2n) is 4.82. The van der Waals surface area contributed by atoms with Gasteiger partial charge in [-0.2, -0.15) is 11.8 Å². The minimum atomic E-state index is 0.292. The Kier molecular flexibility index (Phi) is 4.40. The van der Waals surface area contributed by atoms with E-state index in [9.17, 15) is 0 Å². The molecule has 1 N–H and O–H groups in total. The summed E-state index contributed by atoms with van der Waals surface area (Å²) in [7, 11) is 0. The molecule has 4 heteroatoms. The van der Waals surface area contributed by atoms with E-state index in [-0.39, 0.29) is 0 Å². The Bertz CT molecular complexity index is 336. The van der Waals surface area contributed by atoms with Gasteiger partial charge in [0.05, 0.1) is 0 Å². The van der Waals surface area contributed by atoms with E-state index in [1.54, 1.807) is 6.33 Å². The predicted octanol–water partition coefficient (Wildman–Crippen LogP) is 2.80. The zero-order chi connectivity index (χ0) is 12.1. The molecule has 17 heavy (non-hydrogen) atoms. The van der Waals surface area contributed by atoms with Crippen LogP contribution in [0.3, 0.4) is 0 Å². The molecule has 0 bridgehead atoms. The maximum Gasteiger partial charge on any atom is 0.115 e. The van der Waals surface area contributed by atoms with E-state index in [0.29, 0.717) is 10.8 Å². The predicted molar refractivity (Wildman–Crippen MR) is 73.2 cm³/mol. The van der Waals surface area contributed by atoms with Crippen molar-refractivity contribution in [3.63, 3.8) is 0 Å². The fraction of sp³-hybridized carbons (Fsp3) is 0.692. The van der Waals surface area contributed by atoms with Crippen LogP contribution in [0.5, 0.6) is 0 Å². The van der Waals surface area contributed by atoms with Gasteiger partial charge in [-0.25, -0.2) is 9.97 Å². The molecular formula is C13H21N3S. The highest BCUT2D eigenvalue weighted by Gasteiger charge is 2.38. The van der Waals surface area contributed by atoms with Crippen molar-refractivity contribution >= 4 is 11.8 Å². The molecule has 0 aromatic carbocycles. The van der Waals surface area contributed by atoms with E-state index >= 15 is 0 Å². The molecule has 2 heterocycles. The third-order valence-electron chi connectivity index (χ3n) is 3.37. The summed E-state index contributed by atoms with van der Waals surface area (Å²) in [4.78, 5) is 8.31. The van der Waals surface area contributed by atoms with Gasteiger partial charge in [0.15, 0.2) is 0 Å². The van der Waals surface area contributed by atoms with Gasteiger partial charge in [-0.05, 0) is 38.5 Å². The number of nitrogens with one attached hydrogen (secondary N) is 1. The first-order valence-electron chi connectivity index (χ1n) is 6.38. The number of hydrogen-bond acceptors (Lipinski definition) is 4. The van der Waals surface area contributed by atoms with Gasteiger partial charge < -0.3 is 5.32 Å². The van der Waals surface area contributed by atoms with Crippen LogP contribution in [0.2, 0.25) is 0 Å². The molecule has 2 rings (SSSR count). The highest BCUT2D eigenvalue weighted by Crippen LogP contribution is 2.46. The van der Waals surface area contributed by atoms with Gasteiger partial charge in [-0.1, -0.05) is 6.92 Å². The molecule has 1 aliphatic heterocycles. The summed E-state index contributed by atoms with van der Waals surface area (Å²) >= 11 is 2.08. The Morgan fingerprint density at radius 1 is 1.47 bits per heavy atom. The zero-order valence-corrected chi connectivity index (χ0v) is 11.5. The Morgan fingerprint density at radius 3 is 2.82 bits per heavy atom. The third kappa shape index (κ3) is 2.99. The lowest BCUT2D eigenvalue weighted by Crippen LogP contribution is -2.38. The van der Waals surface area contributed by atoms with Crippen LogP contribution < -0.4 is 5.32 Å². The van der Waals surface area contributed by atoms with Gasteiger partial charge in [0.25, 0.3) is 0 Å². The van der Waals surface area contributed by atoms with Gasteiger partial charge in [0.2, 0.25) is 0 Å². The van der Waals surface area contributed by atoms with E-state index in [4.69, 9.17) is 0 Å². The first-order chi connectivity index (χ1) is 8.26.